The summed E-state index contributed by atoms with van der Waals surface area (Å²) >= 11 is 3.38. The highest BCUT2D eigenvalue weighted by Crippen LogP contribution is 2.30. The number of carbonyl (C=O) groups excluding carboxylic acids is 1. The Morgan fingerprint density at radius 3 is 2.32 bits per heavy atom. The van der Waals surface area contributed by atoms with Gasteiger partial charge in [-0.05, 0) is 61.9 Å². The molecule has 4 nitrogen and oxygen atoms in total. The Morgan fingerprint density at radius 1 is 0.929 bits per heavy atom. The first-order valence-electron chi connectivity index (χ1n) is 9.07. The van der Waals surface area contributed by atoms with Crippen LogP contribution in [-0.2, 0) is 6.61 Å². The highest BCUT2D eigenvalue weighted by Gasteiger charge is 2.12. The number of anilines is 1. The molecule has 3 aromatic carbocycles. The second kappa shape index (κ2) is 9.42. The highest BCUT2D eigenvalue weighted by molar-refractivity contribution is 9.10. The van der Waals surface area contributed by atoms with E-state index in [2.05, 4.69) is 40.3 Å². The normalized spacial score (nSPS) is 10.4. The van der Waals surface area contributed by atoms with E-state index < -0.39 is 0 Å². The fourth-order valence-corrected chi connectivity index (χ4v) is 2.88. The van der Waals surface area contributed by atoms with Crippen LogP contribution in [0.5, 0.6) is 11.5 Å². The Labute approximate surface area is 173 Å². The number of aryl methyl sites for hydroxylation is 1. The second-order valence-electron chi connectivity index (χ2n) is 6.33. The first-order chi connectivity index (χ1) is 13.5. The van der Waals surface area contributed by atoms with Gasteiger partial charge in [-0.2, -0.15) is 0 Å². The summed E-state index contributed by atoms with van der Waals surface area (Å²) in [7, 11) is 0. The van der Waals surface area contributed by atoms with E-state index in [1.165, 1.54) is 5.56 Å². The molecule has 0 bridgehead atoms. The largest absolute Gasteiger partial charge is 0.490 e. The molecular weight excluding hydrogens is 418 g/mol. The Morgan fingerprint density at radius 2 is 1.64 bits per heavy atom. The summed E-state index contributed by atoms with van der Waals surface area (Å²) in [6.07, 6.45) is 0. The van der Waals surface area contributed by atoms with Gasteiger partial charge in [0.05, 0.1) is 6.61 Å². The lowest BCUT2D eigenvalue weighted by Gasteiger charge is -2.14. The van der Waals surface area contributed by atoms with E-state index >= 15 is 0 Å². The van der Waals surface area contributed by atoms with Crippen LogP contribution in [0, 0.1) is 6.92 Å². The number of nitrogens with one attached hydrogen (secondary N) is 1. The van der Waals surface area contributed by atoms with Crippen LogP contribution in [0.4, 0.5) is 5.69 Å². The zero-order valence-electron chi connectivity index (χ0n) is 15.9. The first kappa shape index (κ1) is 20.0. The number of amides is 1. The van der Waals surface area contributed by atoms with Crippen molar-refractivity contribution in [3.8, 4) is 11.5 Å². The van der Waals surface area contributed by atoms with Crippen LogP contribution in [-0.4, -0.2) is 12.5 Å². The molecule has 0 heterocycles. The number of rotatable bonds is 7. The average molecular weight is 440 g/mol. The van der Waals surface area contributed by atoms with Gasteiger partial charge in [-0.25, -0.2) is 0 Å². The number of carbonyl (C=O) groups is 1. The number of benzene rings is 3. The van der Waals surface area contributed by atoms with Crippen molar-refractivity contribution in [3.63, 3.8) is 0 Å². The third-order valence-corrected chi connectivity index (χ3v) is 4.65. The van der Waals surface area contributed by atoms with Gasteiger partial charge in [0, 0.05) is 15.7 Å². The summed E-state index contributed by atoms with van der Waals surface area (Å²) in [5.74, 6) is 0.967. The molecule has 1 amide bonds. The number of hydrogen-bond acceptors (Lipinski definition) is 3. The van der Waals surface area contributed by atoms with Gasteiger partial charge in [-0.1, -0.05) is 45.8 Å². The summed E-state index contributed by atoms with van der Waals surface area (Å²) < 4.78 is 12.6. The van der Waals surface area contributed by atoms with E-state index in [-0.39, 0.29) is 5.91 Å². The molecule has 0 aliphatic carbocycles. The Balaban J connectivity index is 1.73. The lowest BCUT2D eigenvalue weighted by atomic mass is 10.1. The molecular formula is C23H22BrNO3. The van der Waals surface area contributed by atoms with E-state index in [0.29, 0.717) is 30.3 Å². The van der Waals surface area contributed by atoms with Crippen LogP contribution in [0.1, 0.15) is 28.4 Å². The molecule has 0 radical (unpaired) electrons. The quantitative estimate of drug-likeness (QED) is 0.491. The Kier molecular flexibility index (Phi) is 6.71. The van der Waals surface area contributed by atoms with E-state index in [9.17, 15) is 4.79 Å². The monoisotopic (exact) mass is 439 g/mol. The average Bonchev–Trinajstić information content (AvgIpc) is 2.70. The molecule has 3 rings (SSSR count). The minimum atomic E-state index is -0.201. The molecule has 28 heavy (non-hydrogen) atoms. The van der Waals surface area contributed by atoms with Gasteiger partial charge in [0.2, 0.25) is 0 Å². The third kappa shape index (κ3) is 5.36. The van der Waals surface area contributed by atoms with Crippen LogP contribution in [0.3, 0.4) is 0 Å². The standard InChI is InChI=1S/C23H22BrNO3/c1-3-27-22-14-18(23(26)25-20-11-9-19(24)10-12-20)8-13-21(22)28-15-17-6-4-16(2)5-7-17/h4-14H,3,15H2,1-2H3,(H,25,26). The van der Waals surface area contributed by atoms with Gasteiger partial charge in [-0.15, -0.1) is 0 Å². The Bertz CT molecular complexity index is 937. The van der Waals surface area contributed by atoms with Crippen LogP contribution in [0.15, 0.2) is 71.2 Å². The maximum atomic E-state index is 12.6. The minimum Gasteiger partial charge on any atom is -0.490 e. The molecule has 0 spiro atoms. The van der Waals surface area contributed by atoms with Gasteiger partial charge in [0.1, 0.15) is 6.61 Å². The molecule has 0 fully saturated rings. The number of ether oxygens (including phenoxy) is 2. The van der Waals surface area contributed by atoms with Gasteiger partial charge < -0.3 is 14.8 Å². The van der Waals surface area contributed by atoms with Crippen molar-refractivity contribution in [1.82, 2.24) is 0 Å². The Hall–Kier alpha value is -2.79. The van der Waals surface area contributed by atoms with Crippen molar-refractivity contribution >= 4 is 27.5 Å². The second-order valence-corrected chi connectivity index (χ2v) is 7.25. The molecule has 0 aliphatic rings. The topological polar surface area (TPSA) is 47.6 Å². The van der Waals surface area contributed by atoms with E-state index in [0.717, 1.165) is 15.7 Å². The van der Waals surface area contributed by atoms with Crippen LogP contribution < -0.4 is 14.8 Å². The molecule has 0 aliphatic heterocycles. The molecule has 0 aromatic heterocycles. The predicted octanol–water partition coefficient (Wildman–Crippen LogP) is 5.99. The molecule has 144 valence electrons. The number of halogens is 1. The summed E-state index contributed by atoms with van der Waals surface area (Å²) in [5.41, 5.74) is 3.52. The SMILES string of the molecule is CCOc1cc(C(=O)Nc2ccc(Br)cc2)ccc1OCc1ccc(C)cc1. The third-order valence-electron chi connectivity index (χ3n) is 4.12. The molecule has 0 saturated carbocycles. The number of hydrogen-bond donors (Lipinski definition) is 1. The summed E-state index contributed by atoms with van der Waals surface area (Å²) in [6, 6.07) is 20.8. The zero-order chi connectivity index (χ0) is 19.9. The highest BCUT2D eigenvalue weighted by atomic mass is 79.9. The summed E-state index contributed by atoms with van der Waals surface area (Å²) in [5, 5.41) is 2.88. The maximum Gasteiger partial charge on any atom is 0.255 e. The molecule has 0 saturated heterocycles. The van der Waals surface area contributed by atoms with Gasteiger partial charge >= 0.3 is 0 Å². The van der Waals surface area contributed by atoms with E-state index in [1.54, 1.807) is 18.2 Å². The van der Waals surface area contributed by atoms with Crippen LogP contribution >= 0.6 is 15.9 Å². The maximum absolute atomic E-state index is 12.6. The summed E-state index contributed by atoms with van der Waals surface area (Å²) in [4.78, 5) is 12.6. The smallest absolute Gasteiger partial charge is 0.255 e. The van der Waals surface area contributed by atoms with Crippen molar-refractivity contribution in [2.75, 3.05) is 11.9 Å². The fourth-order valence-electron chi connectivity index (χ4n) is 2.62. The van der Waals surface area contributed by atoms with Gasteiger partial charge in [0.15, 0.2) is 11.5 Å². The molecule has 3 aromatic rings. The molecule has 1 N–H and O–H groups in total. The lowest BCUT2D eigenvalue weighted by molar-refractivity contribution is 0.102. The van der Waals surface area contributed by atoms with E-state index in [4.69, 9.17) is 9.47 Å². The lowest BCUT2D eigenvalue weighted by Crippen LogP contribution is -2.12. The zero-order valence-corrected chi connectivity index (χ0v) is 17.5. The summed E-state index contributed by atoms with van der Waals surface area (Å²) in [6.45, 7) is 4.87. The molecule has 5 heteroatoms. The molecule has 0 unspecified atom stereocenters. The van der Waals surface area contributed by atoms with Gasteiger partial charge in [0.25, 0.3) is 5.91 Å². The first-order valence-corrected chi connectivity index (χ1v) is 9.86. The van der Waals surface area contributed by atoms with Crippen LogP contribution in [0.2, 0.25) is 0 Å². The van der Waals surface area contributed by atoms with Crippen molar-refractivity contribution in [1.29, 1.82) is 0 Å². The van der Waals surface area contributed by atoms with Gasteiger partial charge in [-0.3, -0.25) is 4.79 Å². The van der Waals surface area contributed by atoms with Crippen molar-refractivity contribution < 1.29 is 14.3 Å². The predicted molar refractivity (Wildman–Crippen MR) is 115 cm³/mol. The van der Waals surface area contributed by atoms with Crippen molar-refractivity contribution in [3.05, 3.63) is 87.9 Å². The minimum absolute atomic E-state index is 0.201. The van der Waals surface area contributed by atoms with E-state index in [1.807, 2.05) is 43.3 Å². The van der Waals surface area contributed by atoms with Crippen LogP contribution in [0.25, 0.3) is 0 Å². The fraction of sp³-hybridized carbons (Fsp3) is 0.174. The molecule has 0 atom stereocenters. The van der Waals surface area contributed by atoms with Crippen molar-refractivity contribution in [2.45, 2.75) is 20.5 Å². The van der Waals surface area contributed by atoms with Crippen molar-refractivity contribution in [2.24, 2.45) is 0 Å².